The van der Waals surface area contributed by atoms with Crippen molar-refractivity contribution >= 4 is 34.1 Å². The lowest BCUT2D eigenvalue weighted by molar-refractivity contribution is 0.430. The highest BCUT2D eigenvalue weighted by molar-refractivity contribution is 5.83. The van der Waals surface area contributed by atoms with Gasteiger partial charge in [-0.1, -0.05) is 146 Å². The first-order chi connectivity index (χ1) is 31.7. The second-order valence-electron chi connectivity index (χ2n) is 15.8. The van der Waals surface area contributed by atoms with E-state index in [1.807, 2.05) is 12.1 Å². The molecule has 8 aromatic carbocycles. The van der Waals surface area contributed by atoms with E-state index in [9.17, 15) is 0 Å². The Balaban J connectivity index is 1.25. The molecule has 0 amide bonds. The van der Waals surface area contributed by atoms with Crippen LogP contribution in [0.2, 0.25) is 0 Å². The Bertz CT molecular complexity index is 2890. The molecule has 0 spiro atoms. The van der Waals surface area contributed by atoms with Crippen LogP contribution in [0.3, 0.4) is 0 Å². The first-order valence-corrected chi connectivity index (χ1v) is 21.6. The summed E-state index contributed by atoms with van der Waals surface area (Å²) in [5, 5.41) is 0. The molecule has 3 heterocycles. The maximum Gasteiger partial charge on any atom is 0.132 e. The van der Waals surface area contributed by atoms with E-state index in [1.165, 1.54) is 0 Å². The van der Waals surface area contributed by atoms with Gasteiger partial charge >= 0.3 is 0 Å². The molecule has 64 heavy (non-hydrogen) atoms. The Morgan fingerprint density at radius 1 is 0.297 bits per heavy atom. The van der Waals surface area contributed by atoms with E-state index in [2.05, 4.69) is 252 Å². The third-order valence-corrected chi connectivity index (χ3v) is 11.9. The van der Waals surface area contributed by atoms with Crippen molar-refractivity contribution in [3.8, 4) is 34.0 Å². The van der Waals surface area contributed by atoms with Crippen molar-refractivity contribution in [3.05, 3.63) is 277 Å². The third kappa shape index (κ3) is 6.95. The molecule has 0 bridgehead atoms. The second-order valence-corrected chi connectivity index (χ2v) is 15.8. The van der Waals surface area contributed by atoms with Gasteiger partial charge in [-0.15, -0.1) is 0 Å². The smallest absolute Gasteiger partial charge is 0.132 e. The molecule has 0 radical (unpaired) electrons. The summed E-state index contributed by atoms with van der Waals surface area (Å²) < 4.78 is 7.11. The van der Waals surface area contributed by atoms with Crippen molar-refractivity contribution in [2.45, 2.75) is 5.41 Å². The van der Waals surface area contributed by atoms with Crippen LogP contribution in [0.5, 0.6) is 11.5 Å². The minimum atomic E-state index is -1.09. The van der Waals surface area contributed by atoms with Crippen molar-refractivity contribution < 1.29 is 4.74 Å². The normalized spacial score (nSPS) is 12.3. The van der Waals surface area contributed by atoms with Crippen LogP contribution in [-0.4, -0.2) is 9.97 Å². The van der Waals surface area contributed by atoms with E-state index in [-0.39, 0.29) is 0 Å². The van der Waals surface area contributed by atoms with E-state index in [4.69, 9.17) is 14.7 Å². The van der Waals surface area contributed by atoms with Gasteiger partial charge in [0, 0.05) is 56.4 Å². The fourth-order valence-corrected chi connectivity index (χ4v) is 9.05. The lowest BCUT2D eigenvalue weighted by atomic mass is 9.67. The van der Waals surface area contributed by atoms with Crippen LogP contribution in [0.15, 0.2) is 255 Å². The molecule has 1 aliphatic heterocycles. The second kappa shape index (κ2) is 16.7. The van der Waals surface area contributed by atoms with Gasteiger partial charge in [0.2, 0.25) is 0 Å². The van der Waals surface area contributed by atoms with Gasteiger partial charge < -0.3 is 14.5 Å². The van der Waals surface area contributed by atoms with Crippen molar-refractivity contribution in [3.63, 3.8) is 0 Å². The predicted molar refractivity (Wildman–Crippen MR) is 261 cm³/mol. The zero-order valence-electron chi connectivity index (χ0n) is 34.9. The van der Waals surface area contributed by atoms with E-state index >= 15 is 0 Å². The molecule has 0 fully saturated rings. The number of anilines is 6. The molecule has 0 unspecified atom stereocenters. The molecule has 304 valence electrons. The zero-order valence-corrected chi connectivity index (χ0v) is 34.9. The fourth-order valence-electron chi connectivity index (χ4n) is 9.05. The van der Waals surface area contributed by atoms with Gasteiger partial charge in [-0.3, -0.25) is 9.97 Å². The molecule has 0 N–H and O–H groups in total. The number of pyridine rings is 2. The number of hydrogen-bond acceptors (Lipinski definition) is 5. The molecule has 10 aromatic rings. The number of benzene rings is 8. The summed E-state index contributed by atoms with van der Waals surface area (Å²) in [7, 11) is 0. The van der Waals surface area contributed by atoms with E-state index < -0.39 is 5.41 Å². The Hall–Kier alpha value is -8.54. The van der Waals surface area contributed by atoms with Crippen molar-refractivity contribution in [2.24, 2.45) is 0 Å². The van der Waals surface area contributed by atoms with Gasteiger partial charge in [-0.05, 0) is 109 Å². The molecule has 5 heteroatoms. The van der Waals surface area contributed by atoms with Gasteiger partial charge in [-0.2, -0.15) is 0 Å². The van der Waals surface area contributed by atoms with E-state index in [0.717, 1.165) is 90.7 Å². The minimum Gasteiger partial charge on any atom is -0.457 e. The summed E-state index contributed by atoms with van der Waals surface area (Å²) in [5.74, 6) is 1.46. The number of hydrogen-bond donors (Lipinski definition) is 0. The largest absolute Gasteiger partial charge is 0.457 e. The Morgan fingerprint density at radius 2 is 0.625 bits per heavy atom. The van der Waals surface area contributed by atoms with Gasteiger partial charge in [0.15, 0.2) is 0 Å². The quantitative estimate of drug-likeness (QED) is 0.137. The molecule has 0 aliphatic carbocycles. The van der Waals surface area contributed by atoms with Gasteiger partial charge in [0.25, 0.3) is 0 Å². The summed E-state index contributed by atoms with van der Waals surface area (Å²) in [6.07, 6.45) is 0. The van der Waals surface area contributed by atoms with E-state index in [0.29, 0.717) is 0 Å². The van der Waals surface area contributed by atoms with Gasteiger partial charge in [0.1, 0.15) is 16.9 Å². The lowest BCUT2D eigenvalue weighted by Gasteiger charge is -2.41. The van der Waals surface area contributed by atoms with Crippen LogP contribution in [0.25, 0.3) is 22.5 Å². The Labute approximate surface area is 373 Å². The maximum atomic E-state index is 7.11. The predicted octanol–water partition coefficient (Wildman–Crippen LogP) is 15.2. The molecule has 1 aliphatic rings. The van der Waals surface area contributed by atoms with Crippen LogP contribution in [0, 0.1) is 0 Å². The van der Waals surface area contributed by atoms with Crippen molar-refractivity contribution in [1.29, 1.82) is 0 Å². The van der Waals surface area contributed by atoms with Crippen molar-refractivity contribution in [2.75, 3.05) is 9.80 Å². The number of fused-ring (bicyclic) bond motifs is 2. The van der Waals surface area contributed by atoms with Crippen LogP contribution < -0.4 is 14.5 Å². The average molecular weight is 823 g/mol. The Kier molecular flexibility index (Phi) is 10.0. The standard InChI is InChI=1S/C59H42N4O/c1-7-21-43(22-8-1)53-33-19-35-57(60-53)59(58-36-20-34-54(61-58)44-23-9-2-10-24-44)51-41-49(62(45-25-11-3-12-26-45)46-27-13-4-14-28-46)37-39-55(51)64-56-40-38-50(42-52(56)59)63(47-29-15-5-16-30-47)48-31-17-6-18-32-48/h1-42H. The topological polar surface area (TPSA) is 41.5 Å². The fraction of sp³-hybridized carbons (Fsp3) is 0.0169. The Morgan fingerprint density at radius 3 is 0.969 bits per heavy atom. The van der Waals surface area contributed by atoms with Crippen LogP contribution in [0.1, 0.15) is 22.5 Å². The summed E-state index contributed by atoms with van der Waals surface area (Å²) in [6.45, 7) is 0. The number of aromatic nitrogens is 2. The molecular formula is C59H42N4O. The maximum absolute atomic E-state index is 7.11. The van der Waals surface area contributed by atoms with Gasteiger partial charge in [0.05, 0.1) is 22.8 Å². The highest BCUT2D eigenvalue weighted by atomic mass is 16.5. The summed E-state index contributed by atoms with van der Waals surface area (Å²) in [5.41, 5.74) is 12.3. The number of rotatable bonds is 10. The third-order valence-electron chi connectivity index (χ3n) is 11.9. The van der Waals surface area contributed by atoms with Gasteiger partial charge in [-0.25, -0.2) is 0 Å². The van der Waals surface area contributed by atoms with Crippen LogP contribution in [0.4, 0.5) is 34.1 Å². The molecule has 11 rings (SSSR count). The molecule has 0 saturated heterocycles. The average Bonchev–Trinajstić information content (AvgIpc) is 3.38. The highest BCUT2D eigenvalue weighted by Crippen LogP contribution is 2.57. The lowest BCUT2D eigenvalue weighted by Crippen LogP contribution is -2.36. The summed E-state index contributed by atoms with van der Waals surface area (Å²) in [4.78, 5) is 15.9. The SMILES string of the molecule is c1ccc(-c2cccc(C3(c4cccc(-c5ccccc5)n4)c4cc(N(c5ccccc5)c5ccccc5)ccc4Oc4ccc(N(c5ccccc5)c5ccccc5)cc43)n2)cc1. The number of ether oxygens (including phenoxy) is 1. The van der Waals surface area contributed by atoms with Crippen LogP contribution in [-0.2, 0) is 5.41 Å². The highest BCUT2D eigenvalue weighted by Gasteiger charge is 2.49. The first kappa shape index (κ1) is 38.4. The van der Waals surface area contributed by atoms with E-state index in [1.54, 1.807) is 0 Å². The first-order valence-electron chi connectivity index (χ1n) is 21.6. The molecule has 2 aromatic heterocycles. The molecule has 0 atom stereocenters. The summed E-state index contributed by atoms with van der Waals surface area (Å²) in [6, 6.07) is 88.6. The number of para-hydroxylation sites is 4. The monoisotopic (exact) mass is 822 g/mol. The molecular weight excluding hydrogens is 781 g/mol. The van der Waals surface area contributed by atoms with Crippen LogP contribution >= 0.6 is 0 Å². The molecule has 0 saturated carbocycles. The summed E-state index contributed by atoms with van der Waals surface area (Å²) >= 11 is 0. The zero-order chi connectivity index (χ0) is 42.7. The minimum absolute atomic E-state index is 0.729. The molecule has 5 nitrogen and oxygen atoms in total. The van der Waals surface area contributed by atoms with Crippen molar-refractivity contribution in [1.82, 2.24) is 9.97 Å². The number of nitrogens with zero attached hydrogens (tertiary/aromatic N) is 4.